The molecule has 14 heteroatoms. The third-order valence-corrected chi connectivity index (χ3v) is 1.66. The maximum atomic E-state index is 10.5. The Kier molecular flexibility index (Phi) is 16.2. The van der Waals surface area contributed by atoms with E-state index in [9.17, 15) is 27.6 Å². The molecule has 0 atom stereocenters. The predicted octanol–water partition coefficient (Wildman–Crippen LogP) is -2.59. The van der Waals surface area contributed by atoms with Crippen molar-refractivity contribution in [1.82, 2.24) is 0 Å². The van der Waals surface area contributed by atoms with Crippen molar-refractivity contribution in [2.45, 2.75) is 0 Å². The van der Waals surface area contributed by atoms with Crippen LogP contribution in [0, 0.1) is 0 Å². The average Bonchev–Trinajstić information content (AvgIpc) is 2.20. The molecule has 0 bridgehead atoms. The zero-order chi connectivity index (χ0) is 13.9. The van der Waals surface area contributed by atoms with Gasteiger partial charge in [-0.2, -0.15) is 8.39 Å². The monoisotopic (exact) mass is 312 g/mol. The second-order valence-electron chi connectivity index (χ2n) is 1.54. The summed E-state index contributed by atoms with van der Waals surface area (Å²) in [7, 11) is -5.89. The Hall–Kier alpha value is -0.553. The van der Waals surface area contributed by atoms with Gasteiger partial charge in [0.05, 0.1) is 23.9 Å². The van der Waals surface area contributed by atoms with Crippen LogP contribution in [0.1, 0.15) is 0 Å². The van der Waals surface area contributed by atoms with Crippen LogP contribution in [0.25, 0.3) is 0 Å². The van der Waals surface area contributed by atoms with Crippen molar-refractivity contribution < 1.29 is 55.9 Å². The van der Waals surface area contributed by atoms with E-state index in [2.05, 4.69) is 8.80 Å². The Balaban J connectivity index is -0.000000321. The molecule has 0 aliphatic rings. The summed E-state index contributed by atoms with van der Waals surface area (Å²) in [6, 6.07) is 0. The summed E-state index contributed by atoms with van der Waals surface area (Å²) in [6.07, 6.45) is 2.11. The molecule has 0 fully saturated rings. The quantitative estimate of drug-likeness (QED) is 0.135. The fraction of sp³-hybridized carbons (Fsp3) is 0. The first-order valence-electron chi connectivity index (χ1n) is 2.99. The van der Waals surface area contributed by atoms with Gasteiger partial charge in [-0.05, 0) is 0 Å². The van der Waals surface area contributed by atoms with Crippen LogP contribution >= 0.6 is 31.9 Å². The van der Waals surface area contributed by atoms with Gasteiger partial charge in [0.2, 0.25) is 12.2 Å². The molecule has 0 heterocycles. The van der Waals surface area contributed by atoms with Gasteiger partial charge in [-0.15, -0.1) is 8.80 Å². The molecule has 0 aromatic rings. The predicted molar refractivity (Wildman–Crippen MR) is 51.3 cm³/mol. The molecule has 0 unspecified atom stereocenters. The SMILES string of the molecule is O=C=NSC(=O)C(=O)SN=C=O.O=P([O-])(F)F.[Li+]. The molecule has 18 heavy (non-hydrogen) atoms. The van der Waals surface area contributed by atoms with Crippen LogP contribution in [0.5, 0.6) is 0 Å². The largest absolute Gasteiger partial charge is 1.00 e. The minimum atomic E-state index is -5.89. The van der Waals surface area contributed by atoms with Crippen molar-refractivity contribution in [2.24, 2.45) is 8.80 Å². The van der Waals surface area contributed by atoms with Crippen LogP contribution in [0.4, 0.5) is 8.39 Å². The number of halogens is 2. The van der Waals surface area contributed by atoms with Crippen LogP contribution in [-0.4, -0.2) is 22.4 Å². The number of carbonyl (C=O) groups excluding carboxylic acids is 4. The summed E-state index contributed by atoms with van der Waals surface area (Å²) >= 11 is 0.274. The van der Waals surface area contributed by atoms with Crippen LogP contribution in [-0.2, 0) is 23.7 Å². The number of hydrogen-bond donors (Lipinski definition) is 0. The summed E-state index contributed by atoms with van der Waals surface area (Å²) in [4.78, 5) is 48.4. The van der Waals surface area contributed by atoms with Crippen LogP contribution in [0.3, 0.4) is 0 Å². The fourth-order valence-corrected chi connectivity index (χ4v) is 0.808. The van der Waals surface area contributed by atoms with Gasteiger partial charge in [-0.25, -0.2) is 9.59 Å². The number of rotatable bonds is 2. The Morgan fingerprint density at radius 2 is 1.28 bits per heavy atom. The second-order valence-corrected chi connectivity index (χ2v) is 3.84. The van der Waals surface area contributed by atoms with E-state index >= 15 is 0 Å². The number of carbonyl (C=O) groups is 2. The van der Waals surface area contributed by atoms with E-state index in [1.165, 1.54) is 0 Å². The van der Waals surface area contributed by atoms with Crippen LogP contribution in [0.15, 0.2) is 8.80 Å². The van der Waals surface area contributed by atoms with Crippen molar-refractivity contribution in [3.8, 4) is 0 Å². The van der Waals surface area contributed by atoms with E-state index in [-0.39, 0.29) is 42.8 Å². The molecule has 0 amide bonds. The first-order chi connectivity index (χ1) is 7.72. The molecule has 8 nitrogen and oxygen atoms in total. The topological polar surface area (TPSA) is 133 Å². The molecule has 0 aliphatic heterocycles. The molecule has 0 radical (unpaired) electrons. The average molecular weight is 312 g/mol. The standard InChI is InChI=1S/C4N2O4S2.F2HO2P.Li/c7-1-5-11-3(9)4(10)12-6-2-8;1-5(2,3)4;/h;(H,3,4);/q;;+1/p-1. The van der Waals surface area contributed by atoms with E-state index in [1.807, 2.05) is 0 Å². The van der Waals surface area contributed by atoms with E-state index in [0.29, 0.717) is 0 Å². The fourth-order valence-electron chi connectivity index (χ4n) is 0.195. The third-order valence-electron chi connectivity index (χ3n) is 0.498. The number of hydrogen-bond acceptors (Lipinski definition) is 10. The molecule has 0 spiro atoms. The molecular weight excluding hydrogens is 312 g/mol. The summed E-state index contributed by atoms with van der Waals surface area (Å²) in [5.74, 6) is 0. The van der Waals surface area contributed by atoms with Crippen LogP contribution < -0.4 is 23.8 Å². The molecule has 0 aliphatic carbocycles. The molecule has 0 aromatic carbocycles. The summed E-state index contributed by atoms with van der Waals surface area (Å²) in [5.41, 5.74) is 0. The first-order valence-corrected chi connectivity index (χ1v) is 5.94. The smallest absolute Gasteiger partial charge is 0.749 e. The number of isocyanates is 2. The summed E-state index contributed by atoms with van der Waals surface area (Å²) < 4.78 is 33.9. The second kappa shape index (κ2) is 12.9. The minimum Gasteiger partial charge on any atom is -0.749 e. The van der Waals surface area contributed by atoms with Gasteiger partial charge in [0, 0.05) is 0 Å². The maximum absolute atomic E-state index is 10.5. The first kappa shape index (κ1) is 22.6. The molecule has 0 saturated heterocycles. The van der Waals surface area contributed by atoms with Crippen molar-refractivity contribution in [3.63, 3.8) is 0 Å². The summed E-state index contributed by atoms with van der Waals surface area (Å²) in [5, 5.41) is -2.00. The van der Waals surface area contributed by atoms with Crippen molar-refractivity contribution in [2.75, 3.05) is 0 Å². The molecule has 0 saturated carbocycles. The van der Waals surface area contributed by atoms with Gasteiger partial charge >= 0.3 is 26.9 Å². The van der Waals surface area contributed by atoms with E-state index in [1.54, 1.807) is 0 Å². The van der Waals surface area contributed by atoms with Gasteiger partial charge in [-0.1, -0.05) is 0 Å². The summed E-state index contributed by atoms with van der Waals surface area (Å²) in [6.45, 7) is 0. The molecule has 94 valence electrons. The zero-order valence-electron chi connectivity index (χ0n) is 8.36. The van der Waals surface area contributed by atoms with Crippen molar-refractivity contribution >= 4 is 54.3 Å². The normalized spacial score (nSPS) is 8.39. The molecular formula is C4F2LiN2O6PS2. The third kappa shape index (κ3) is 24.6. The Morgan fingerprint density at radius 3 is 1.44 bits per heavy atom. The van der Waals surface area contributed by atoms with E-state index in [4.69, 9.17) is 9.46 Å². The van der Waals surface area contributed by atoms with Gasteiger partial charge in [0.1, 0.15) is 0 Å². The maximum Gasteiger partial charge on any atom is 1.00 e. The van der Waals surface area contributed by atoms with Gasteiger partial charge in [0.25, 0.3) is 10.2 Å². The molecule has 0 N–H and O–H groups in total. The molecule has 0 rings (SSSR count). The van der Waals surface area contributed by atoms with E-state index < -0.39 is 18.2 Å². The van der Waals surface area contributed by atoms with Gasteiger partial charge < -0.3 is 4.89 Å². The Bertz CT molecular complexity index is 393. The van der Waals surface area contributed by atoms with Gasteiger partial charge in [0.15, 0.2) is 0 Å². The van der Waals surface area contributed by atoms with E-state index in [0.717, 1.165) is 12.2 Å². The minimum absolute atomic E-state index is 0. The van der Waals surface area contributed by atoms with Gasteiger partial charge in [-0.3, -0.25) is 14.2 Å². The Morgan fingerprint density at radius 1 is 1.06 bits per heavy atom. The Labute approximate surface area is 119 Å². The number of nitrogens with zero attached hydrogens (tertiary/aromatic N) is 2. The molecule has 0 aromatic heterocycles. The van der Waals surface area contributed by atoms with Crippen molar-refractivity contribution in [3.05, 3.63) is 0 Å². The zero-order valence-corrected chi connectivity index (χ0v) is 10.9. The van der Waals surface area contributed by atoms with Crippen molar-refractivity contribution in [1.29, 1.82) is 0 Å². The van der Waals surface area contributed by atoms with Crippen LogP contribution in [0.2, 0.25) is 0 Å².